The second-order valence-electron chi connectivity index (χ2n) is 2.85. The topological polar surface area (TPSA) is 58.5 Å². The van der Waals surface area contributed by atoms with Crippen LogP contribution in [0.3, 0.4) is 0 Å². The Hall–Kier alpha value is -1.43. The van der Waals surface area contributed by atoms with Crippen molar-refractivity contribution in [2.75, 3.05) is 26.1 Å². The van der Waals surface area contributed by atoms with Crippen molar-refractivity contribution in [3.05, 3.63) is 11.5 Å². The first kappa shape index (κ1) is 10.6. The SMILES string of the molecule is COc1nc(N(C)C)nc(CO)c1F. The zero-order valence-corrected chi connectivity index (χ0v) is 8.28. The molecule has 1 rings (SSSR count). The van der Waals surface area contributed by atoms with Gasteiger partial charge >= 0.3 is 0 Å². The van der Waals surface area contributed by atoms with Gasteiger partial charge in [0, 0.05) is 14.1 Å². The highest BCUT2D eigenvalue weighted by Gasteiger charge is 2.14. The lowest BCUT2D eigenvalue weighted by Gasteiger charge is -2.12. The van der Waals surface area contributed by atoms with Crippen LogP contribution in [0.1, 0.15) is 5.69 Å². The molecule has 14 heavy (non-hydrogen) atoms. The lowest BCUT2D eigenvalue weighted by molar-refractivity contribution is 0.265. The van der Waals surface area contributed by atoms with Gasteiger partial charge in [0.05, 0.1) is 13.7 Å². The maximum Gasteiger partial charge on any atom is 0.255 e. The van der Waals surface area contributed by atoms with Gasteiger partial charge in [-0.2, -0.15) is 9.37 Å². The van der Waals surface area contributed by atoms with Gasteiger partial charge in [-0.3, -0.25) is 0 Å². The predicted octanol–water partition coefficient (Wildman–Crippen LogP) is 0.183. The van der Waals surface area contributed by atoms with Gasteiger partial charge in [-0.05, 0) is 0 Å². The Morgan fingerprint density at radius 1 is 1.43 bits per heavy atom. The van der Waals surface area contributed by atoms with Crippen molar-refractivity contribution < 1.29 is 14.2 Å². The van der Waals surface area contributed by atoms with Gasteiger partial charge in [0.25, 0.3) is 5.88 Å². The molecule has 0 saturated heterocycles. The lowest BCUT2D eigenvalue weighted by Crippen LogP contribution is -2.15. The number of nitrogens with zero attached hydrogens (tertiary/aromatic N) is 3. The van der Waals surface area contributed by atoms with Crippen LogP contribution < -0.4 is 9.64 Å². The van der Waals surface area contributed by atoms with E-state index >= 15 is 0 Å². The van der Waals surface area contributed by atoms with Gasteiger partial charge in [-0.15, -0.1) is 0 Å². The Balaban J connectivity index is 3.25. The molecule has 0 aromatic carbocycles. The summed E-state index contributed by atoms with van der Waals surface area (Å²) in [6.45, 7) is -0.481. The van der Waals surface area contributed by atoms with Crippen LogP contribution in [0.25, 0.3) is 0 Å². The number of aromatic nitrogens is 2. The molecule has 0 spiro atoms. The molecule has 1 aromatic rings. The van der Waals surface area contributed by atoms with Crippen LogP contribution in [0, 0.1) is 5.82 Å². The second-order valence-corrected chi connectivity index (χ2v) is 2.85. The zero-order chi connectivity index (χ0) is 10.7. The molecular formula is C8H12FN3O2. The Morgan fingerprint density at radius 3 is 2.50 bits per heavy atom. The molecule has 1 N–H and O–H groups in total. The first-order chi connectivity index (χ1) is 6.60. The fourth-order valence-electron chi connectivity index (χ4n) is 0.898. The largest absolute Gasteiger partial charge is 0.479 e. The minimum Gasteiger partial charge on any atom is -0.479 e. The highest BCUT2D eigenvalue weighted by Crippen LogP contribution is 2.19. The molecule has 6 heteroatoms. The summed E-state index contributed by atoms with van der Waals surface area (Å²) in [7, 11) is 4.74. The van der Waals surface area contributed by atoms with Crippen LogP contribution in [-0.2, 0) is 6.61 Å². The molecule has 0 fully saturated rings. The third kappa shape index (κ3) is 1.90. The number of anilines is 1. The minimum atomic E-state index is -0.722. The van der Waals surface area contributed by atoms with Gasteiger partial charge < -0.3 is 14.7 Å². The van der Waals surface area contributed by atoms with Crippen molar-refractivity contribution in [2.24, 2.45) is 0 Å². The average molecular weight is 201 g/mol. The highest BCUT2D eigenvalue weighted by molar-refractivity contribution is 5.33. The molecule has 0 aliphatic heterocycles. The molecule has 0 unspecified atom stereocenters. The monoisotopic (exact) mass is 201 g/mol. The third-order valence-corrected chi connectivity index (χ3v) is 1.62. The predicted molar refractivity (Wildman–Crippen MR) is 48.8 cm³/mol. The quantitative estimate of drug-likeness (QED) is 0.756. The Kier molecular flexibility index (Phi) is 3.19. The van der Waals surface area contributed by atoms with E-state index in [0.29, 0.717) is 5.95 Å². The number of hydrogen-bond acceptors (Lipinski definition) is 5. The smallest absolute Gasteiger partial charge is 0.255 e. The molecule has 0 amide bonds. The molecule has 0 aliphatic carbocycles. The van der Waals surface area contributed by atoms with Crippen LogP contribution in [0.15, 0.2) is 0 Å². The highest BCUT2D eigenvalue weighted by atomic mass is 19.1. The Labute approximate surface area is 81.2 Å². The van der Waals surface area contributed by atoms with E-state index in [1.54, 1.807) is 19.0 Å². The Morgan fingerprint density at radius 2 is 2.07 bits per heavy atom. The minimum absolute atomic E-state index is 0.0689. The van der Waals surface area contributed by atoms with E-state index in [2.05, 4.69) is 9.97 Å². The second kappa shape index (κ2) is 4.19. The van der Waals surface area contributed by atoms with E-state index in [9.17, 15) is 4.39 Å². The number of methoxy groups -OCH3 is 1. The number of aliphatic hydroxyl groups is 1. The molecule has 0 radical (unpaired) electrons. The van der Waals surface area contributed by atoms with Gasteiger partial charge in [0.1, 0.15) is 5.69 Å². The van der Waals surface area contributed by atoms with Gasteiger partial charge in [-0.25, -0.2) is 4.98 Å². The molecule has 0 bridgehead atoms. The summed E-state index contributed by atoms with van der Waals surface area (Å²) in [5.41, 5.74) is -0.0689. The molecule has 78 valence electrons. The summed E-state index contributed by atoms with van der Waals surface area (Å²) in [6.07, 6.45) is 0. The maximum absolute atomic E-state index is 13.3. The van der Waals surface area contributed by atoms with E-state index in [-0.39, 0.29) is 11.6 Å². The normalized spacial score (nSPS) is 10.1. The summed E-state index contributed by atoms with van der Waals surface area (Å²) >= 11 is 0. The van der Waals surface area contributed by atoms with E-state index in [1.807, 2.05) is 0 Å². The molecule has 0 aliphatic rings. The number of ether oxygens (including phenoxy) is 1. The molecule has 1 heterocycles. The number of aliphatic hydroxyl groups excluding tert-OH is 1. The summed E-state index contributed by atoms with van der Waals surface area (Å²) in [5.74, 6) is -0.583. The third-order valence-electron chi connectivity index (χ3n) is 1.62. The molecule has 0 saturated carbocycles. The number of rotatable bonds is 3. The van der Waals surface area contributed by atoms with Crippen LogP contribution in [-0.4, -0.2) is 36.3 Å². The van der Waals surface area contributed by atoms with Crippen LogP contribution in [0.5, 0.6) is 5.88 Å². The van der Waals surface area contributed by atoms with E-state index in [4.69, 9.17) is 9.84 Å². The first-order valence-electron chi connectivity index (χ1n) is 3.98. The van der Waals surface area contributed by atoms with Crippen molar-refractivity contribution in [3.8, 4) is 5.88 Å². The van der Waals surface area contributed by atoms with Crippen LogP contribution in [0.2, 0.25) is 0 Å². The number of halogens is 1. The summed E-state index contributed by atoms with van der Waals surface area (Å²) < 4.78 is 18.0. The van der Waals surface area contributed by atoms with Crippen LogP contribution in [0.4, 0.5) is 10.3 Å². The molecule has 1 aromatic heterocycles. The zero-order valence-electron chi connectivity index (χ0n) is 8.28. The van der Waals surface area contributed by atoms with Crippen molar-refractivity contribution in [2.45, 2.75) is 6.61 Å². The Bertz CT molecular complexity index is 305. The molecule has 5 nitrogen and oxygen atoms in total. The summed E-state index contributed by atoms with van der Waals surface area (Å²) in [5, 5.41) is 8.84. The lowest BCUT2D eigenvalue weighted by atomic mass is 10.4. The van der Waals surface area contributed by atoms with Crippen molar-refractivity contribution in [1.29, 1.82) is 0 Å². The number of hydrogen-bond donors (Lipinski definition) is 1. The summed E-state index contributed by atoms with van der Waals surface area (Å²) in [4.78, 5) is 9.21. The van der Waals surface area contributed by atoms with Gasteiger partial charge in [0.15, 0.2) is 0 Å². The fraction of sp³-hybridized carbons (Fsp3) is 0.500. The van der Waals surface area contributed by atoms with E-state index < -0.39 is 12.4 Å². The van der Waals surface area contributed by atoms with E-state index in [0.717, 1.165) is 0 Å². The van der Waals surface area contributed by atoms with Crippen LogP contribution >= 0.6 is 0 Å². The molecule has 0 atom stereocenters. The maximum atomic E-state index is 13.3. The van der Waals surface area contributed by atoms with Crippen molar-refractivity contribution in [3.63, 3.8) is 0 Å². The van der Waals surface area contributed by atoms with E-state index in [1.165, 1.54) is 7.11 Å². The fourth-order valence-corrected chi connectivity index (χ4v) is 0.898. The van der Waals surface area contributed by atoms with Gasteiger partial charge in [-0.1, -0.05) is 0 Å². The first-order valence-corrected chi connectivity index (χ1v) is 3.98. The molecular weight excluding hydrogens is 189 g/mol. The summed E-state index contributed by atoms with van der Waals surface area (Å²) in [6, 6.07) is 0. The van der Waals surface area contributed by atoms with Crippen molar-refractivity contribution in [1.82, 2.24) is 9.97 Å². The average Bonchev–Trinajstić information content (AvgIpc) is 2.17. The van der Waals surface area contributed by atoms with Crippen molar-refractivity contribution >= 4 is 5.95 Å². The van der Waals surface area contributed by atoms with Gasteiger partial charge in [0.2, 0.25) is 11.8 Å². The standard InChI is InChI=1S/C8H12FN3O2/c1-12(2)8-10-5(4-13)6(9)7(11-8)14-3/h13H,4H2,1-3H3.